The predicted octanol–water partition coefficient (Wildman–Crippen LogP) is 7.21. The molecule has 266 valence electrons. The van der Waals surface area contributed by atoms with Gasteiger partial charge in [0.25, 0.3) is 0 Å². The Morgan fingerprint density at radius 3 is 0.625 bits per heavy atom. The molecule has 3 aromatic rings. The molecule has 0 unspecified atom stereocenters. The summed E-state index contributed by atoms with van der Waals surface area (Å²) in [5, 5.41) is 0. The van der Waals surface area contributed by atoms with Crippen LogP contribution in [0.5, 0.6) is 0 Å². The average molecular weight is 792 g/mol. The third-order valence-electron chi connectivity index (χ3n) is 6.63. The maximum atomic E-state index is 14.8. The fourth-order valence-corrected chi connectivity index (χ4v) is 8.00. The average Bonchev–Trinajstić information content (AvgIpc) is 3.07. The number of hydrogen-bond donors (Lipinski definition) is 0. The van der Waals surface area contributed by atoms with E-state index in [4.69, 9.17) is 11.3 Å². The molecule has 0 amide bonds. The molecule has 0 heterocycles. The van der Waals surface area contributed by atoms with E-state index >= 15 is 0 Å². The zero-order valence-electron chi connectivity index (χ0n) is 25.1. The molecule has 0 aliphatic carbocycles. The van der Waals surface area contributed by atoms with Crippen LogP contribution in [0.1, 0.15) is 33.4 Å². The Bertz CT molecular complexity index is 1390. The molecule has 3 aromatic carbocycles. The number of halogens is 12. The van der Waals surface area contributed by atoms with E-state index in [0.29, 0.717) is 7.11 Å². The van der Waals surface area contributed by atoms with Gasteiger partial charge in [-0.1, -0.05) is 0 Å². The van der Waals surface area contributed by atoms with E-state index in [1.165, 1.54) is 0 Å². The number of methoxy groups -OCH3 is 3. The first-order valence-corrected chi connectivity index (χ1v) is 17.1. The van der Waals surface area contributed by atoms with Gasteiger partial charge in [0.05, 0.1) is 0 Å². The summed E-state index contributed by atoms with van der Waals surface area (Å²) in [6.07, 6.45) is 0. The molecule has 0 saturated carbocycles. The Morgan fingerprint density at radius 2 is 0.479 bits per heavy atom. The summed E-state index contributed by atoms with van der Waals surface area (Å²) in [7, 11) is 3.55. The van der Waals surface area contributed by atoms with Gasteiger partial charge in [0.15, 0.2) is 0 Å². The Morgan fingerprint density at radius 1 is 0.312 bits per heavy atom. The first-order valence-electron chi connectivity index (χ1n) is 13.1. The van der Waals surface area contributed by atoms with Gasteiger partial charge in [0.2, 0.25) is 0 Å². The van der Waals surface area contributed by atoms with Gasteiger partial charge in [0.1, 0.15) is 0 Å². The van der Waals surface area contributed by atoms with Crippen molar-refractivity contribution in [3.05, 3.63) is 103 Å². The molecule has 0 aliphatic rings. The molecule has 0 radical (unpaired) electrons. The Kier molecular flexibility index (Phi) is 14.0. The number of benzene rings is 3. The molecule has 0 bridgehead atoms. The quantitative estimate of drug-likeness (QED) is 0.112. The van der Waals surface area contributed by atoms with Gasteiger partial charge >= 0.3 is 271 Å². The maximum absolute atomic E-state index is 14.8. The van der Waals surface area contributed by atoms with Crippen LogP contribution < -0.4 is 0 Å². The molecule has 0 spiro atoms. The van der Waals surface area contributed by atoms with Crippen LogP contribution in [0.15, 0.2) is 0 Å². The van der Waals surface area contributed by atoms with Crippen LogP contribution in [0.4, 0.5) is 52.7 Å². The Hall–Kier alpha value is -2.58. The molecule has 0 atom stereocenters. The van der Waals surface area contributed by atoms with E-state index in [2.05, 4.69) is 14.2 Å². The molecule has 7 nitrogen and oxygen atoms in total. The van der Waals surface area contributed by atoms with Crippen LogP contribution in [0, 0.1) is 69.8 Å². The van der Waals surface area contributed by atoms with Crippen molar-refractivity contribution in [2.75, 3.05) is 28.4 Å². The van der Waals surface area contributed by atoms with E-state index in [-0.39, 0.29) is 0 Å². The van der Waals surface area contributed by atoms with Gasteiger partial charge in [-0.25, -0.2) is 0 Å². The fraction of sp³-hybridized carbons (Fsp3) is 0.357. The summed E-state index contributed by atoms with van der Waals surface area (Å²) in [4.78, 5) is 0. The first kappa shape index (κ1) is 39.9. The molecule has 0 saturated heterocycles. The molecule has 3 rings (SSSR count). The van der Waals surface area contributed by atoms with Gasteiger partial charge in [-0.15, -0.1) is 0 Å². The van der Waals surface area contributed by atoms with Crippen molar-refractivity contribution in [3.63, 3.8) is 0 Å². The monoisotopic (exact) mass is 790 g/mol. The SMILES string of the molecule is COCc1c(F)c(F)c(C[O][Zr]([O]C)([O]Cc2c(F)c(F)c(COC)c(F)c2F)[O]Cc2c(F)c(F)c(COC)c(F)c2F)c(F)c1F. The molecule has 0 aliphatic heterocycles. The second kappa shape index (κ2) is 16.9. The predicted molar refractivity (Wildman–Crippen MR) is 132 cm³/mol. The second-order valence-corrected chi connectivity index (χ2v) is 15.1. The first-order chi connectivity index (χ1) is 22.6. The van der Waals surface area contributed by atoms with Crippen molar-refractivity contribution in [3.8, 4) is 0 Å². The van der Waals surface area contributed by atoms with Crippen molar-refractivity contribution >= 4 is 0 Å². The summed E-state index contributed by atoms with van der Waals surface area (Å²) in [5.41, 5.74) is -7.93. The second-order valence-electron chi connectivity index (χ2n) is 9.51. The van der Waals surface area contributed by atoms with Crippen molar-refractivity contribution in [1.29, 1.82) is 0 Å². The van der Waals surface area contributed by atoms with Gasteiger partial charge in [-0.3, -0.25) is 0 Å². The molecule has 48 heavy (non-hydrogen) atoms. The third kappa shape index (κ3) is 7.91. The van der Waals surface area contributed by atoms with E-state index in [9.17, 15) is 52.7 Å². The molecule has 0 aromatic heterocycles. The van der Waals surface area contributed by atoms with Gasteiger partial charge in [-0.05, 0) is 0 Å². The van der Waals surface area contributed by atoms with Gasteiger partial charge < -0.3 is 0 Å². The van der Waals surface area contributed by atoms with E-state index in [1.807, 2.05) is 0 Å². The van der Waals surface area contributed by atoms with Crippen LogP contribution in [-0.2, 0) is 87.1 Å². The summed E-state index contributed by atoms with van der Waals surface area (Å²) in [5.74, 6) is -23.7. The van der Waals surface area contributed by atoms with Gasteiger partial charge in [0, 0.05) is 0 Å². The summed E-state index contributed by atoms with van der Waals surface area (Å²) < 4.78 is 210. The molecule has 20 heteroatoms. The molecule has 0 N–H and O–H groups in total. The van der Waals surface area contributed by atoms with Crippen LogP contribution in [0.25, 0.3) is 0 Å². The summed E-state index contributed by atoms with van der Waals surface area (Å²) in [6.45, 7) is -7.44. The van der Waals surface area contributed by atoms with Crippen molar-refractivity contribution in [1.82, 2.24) is 0 Å². The minimum absolute atomic E-state index is 0.663. The normalized spacial score (nSPS) is 12.0. The summed E-state index contributed by atoms with van der Waals surface area (Å²) in [6, 6.07) is 0. The number of hydrogen-bond acceptors (Lipinski definition) is 7. The standard InChI is InChI=1S/3C9H7F4O2.CH3O.Zr/c3*1-15-3-5-8(12)6(10)4(2-14)7(11)9(5)13;1-2;/h3*2-3H2,1H3;1H3;/q4*-1;+4. The topological polar surface area (TPSA) is 64.6 Å². The van der Waals surface area contributed by atoms with E-state index in [1.54, 1.807) is 0 Å². The van der Waals surface area contributed by atoms with Crippen LogP contribution in [-0.4, -0.2) is 28.4 Å². The van der Waals surface area contributed by atoms with Crippen LogP contribution in [0.2, 0.25) is 0 Å². The fourth-order valence-electron chi connectivity index (χ4n) is 4.14. The Balaban J connectivity index is 2.09. The number of rotatable bonds is 16. The van der Waals surface area contributed by atoms with Crippen LogP contribution >= 0.6 is 0 Å². The van der Waals surface area contributed by atoms with Gasteiger partial charge in [-0.2, -0.15) is 0 Å². The molecular formula is C28H24F12O7Zr. The molecule has 0 fully saturated rings. The van der Waals surface area contributed by atoms with Crippen molar-refractivity contribution < 1.29 is 100 Å². The zero-order chi connectivity index (χ0) is 36.1. The third-order valence-corrected chi connectivity index (χ3v) is 11.5. The number of ether oxygens (including phenoxy) is 3. The summed E-state index contributed by atoms with van der Waals surface area (Å²) >= 11 is -6.45. The van der Waals surface area contributed by atoms with Crippen molar-refractivity contribution in [2.45, 2.75) is 39.6 Å². The minimum atomic E-state index is -6.45. The zero-order valence-corrected chi connectivity index (χ0v) is 27.6. The van der Waals surface area contributed by atoms with Crippen LogP contribution in [0.3, 0.4) is 0 Å². The van der Waals surface area contributed by atoms with E-state index in [0.717, 1.165) is 21.3 Å². The molecular weight excluding hydrogens is 768 g/mol. The van der Waals surface area contributed by atoms with E-state index < -0.39 is 165 Å². The Labute approximate surface area is 271 Å². The van der Waals surface area contributed by atoms with Crippen molar-refractivity contribution in [2.24, 2.45) is 0 Å².